The van der Waals surface area contributed by atoms with Gasteiger partial charge in [0, 0.05) is 13.1 Å². The monoisotopic (exact) mass is 198 g/mol. The maximum atomic E-state index is 11.8. The molecule has 0 aliphatic heterocycles. The van der Waals surface area contributed by atoms with Gasteiger partial charge in [0.25, 0.3) is 0 Å². The van der Waals surface area contributed by atoms with Gasteiger partial charge in [-0.05, 0) is 39.7 Å². The molecular formula is C11H22N2O. The van der Waals surface area contributed by atoms with Crippen molar-refractivity contribution in [3.05, 3.63) is 0 Å². The van der Waals surface area contributed by atoms with Gasteiger partial charge in [0.15, 0.2) is 0 Å². The van der Waals surface area contributed by atoms with Gasteiger partial charge in [-0.1, -0.05) is 6.42 Å². The van der Waals surface area contributed by atoms with Crippen LogP contribution in [0.25, 0.3) is 0 Å². The van der Waals surface area contributed by atoms with E-state index in [0.717, 1.165) is 19.0 Å². The standard InChI is InChI=1S/C11H22N2O/c1-4-13(8-10-6-5-7-10)11(14)9(2)12-3/h9-10,12H,4-8H2,1-3H3. The van der Waals surface area contributed by atoms with E-state index in [9.17, 15) is 4.79 Å². The van der Waals surface area contributed by atoms with Crippen LogP contribution < -0.4 is 5.32 Å². The Morgan fingerprint density at radius 1 is 1.57 bits per heavy atom. The van der Waals surface area contributed by atoms with Gasteiger partial charge in [-0.2, -0.15) is 0 Å². The normalized spacial score (nSPS) is 18.8. The van der Waals surface area contributed by atoms with Gasteiger partial charge in [-0.15, -0.1) is 0 Å². The van der Waals surface area contributed by atoms with Crippen molar-refractivity contribution in [1.82, 2.24) is 10.2 Å². The van der Waals surface area contributed by atoms with Gasteiger partial charge < -0.3 is 10.2 Å². The van der Waals surface area contributed by atoms with Gasteiger partial charge in [-0.3, -0.25) is 4.79 Å². The number of hydrogen-bond donors (Lipinski definition) is 1. The Morgan fingerprint density at radius 2 is 2.21 bits per heavy atom. The molecule has 0 heterocycles. The number of hydrogen-bond acceptors (Lipinski definition) is 2. The van der Waals surface area contributed by atoms with E-state index < -0.39 is 0 Å². The third kappa shape index (κ3) is 2.71. The van der Waals surface area contributed by atoms with Crippen molar-refractivity contribution >= 4 is 5.91 Å². The first kappa shape index (κ1) is 11.5. The lowest BCUT2D eigenvalue weighted by Crippen LogP contribution is -2.46. The minimum absolute atomic E-state index is 0.0463. The second-order valence-electron chi connectivity index (χ2n) is 4.18. The molecule has 0 bridgehead atoms. The van der Waals surface area contributed by atoms with Crippen molar-refractivity contribution in [2.75, 3.05) is 20.1 Å². The zero-order valence-corrected chi connectivity index (χ0v) is 9.55. The van der Waals surface area contributed by atoms with E-state index in [0.29, 0.717) is 0 Å². The first-order valence-corrected chi connectivity index (χ1v) is 5.65. The van der Waals surface area contributed by atoms with Gasteiger partial charge in [0.2, 0.25) is 5.91 Å². The summed E-state index contributed by atoms with van der Waals surface area (Å²) in [6.07, 6.45) is 3.95. The Labute approximate surface area is 86.9 Å². The minimum Gasteiger partial charge on any atom is -0.341 e. The highest BCUT2D eigenvalue weighted by atomic mass is 16.2. The van der Waals surface area contributed by atoms with Crippen LogP contribution in [-0.2, 0) is 4.79 Å². The summed E-state index contributed by atoms with van der Waals surface area (Å²) < 4.78 is 0. The highest BCUT2D eigenvalue weighted by molar-refractivity contribution is 5.81. The largest absolute Gasteiger partial charge is 0.341 e. The van der Waals surface area contributed by atoms with Crippen LogP contribution in [0, 0.1) is 5.92 Å². The van der Waals surface area contributed by atoms with Crippen molar-refractivity contribution in [1.29, 1.82) is 0 Å². The molecule has 3 nitrogen and oxygen atoms in total. The molecule has 0 radical (unpaired) electrons. The second-order valence-corrected chi connectivity index (χ2v) is 4.18. The molecule has 1 aliphatic carbocycles. The molecule has 1 amide bonds. The molecule has 0 spiro atoms. The molecule has 0 aromatic heterocycles. The predicted octanol–water partition coefficient (Wildman–Crippen LogP) is 1.24. The maximum Gasteiger partial charge on any atom is 0.239 e. The van der Waals surface area contributed by atoms with Crippen molar-refractivity contribution in [3.63, 3.8) is 0 Å². The third-order valence-corrected chi connectivity index (χ3v) is 3.20. The first-order chi connectivity index (χ1) is 6.69. The third-order valence-electron chi connectivity index (χ3n) is 3.20. The first-order valence-electron chi connectivity index (χ1n) is 5.65. The zero-order valence-electron chi connectivity index (χ0n) is 9.55. The molecule has 1 rings (SSSR count). The molecule has 0 aromatic carbocycles. The highest BCUT2D eigenvalue weighted by Gasteiger charge is 2.24. The van der Waals surface area contributed by atoms with Gasteiger partial charge in [-0.25, -0.2) is 0 Å². The molecule has 82 valence electrons. The number of amides is 1. The SMILES string of the molecule is CCN(CC1CCC1)C(=O)C(C)NC. The number of carbonyl (C=O) groups excluding carboxylic acids is 1. The summed E-state index contributed by atoms with van der Waals surface area (Å²) in [7, 11) is 1.83. The van der Waals surface area contributed by atoms with Crippen LogP contribution >= 0.6 is 0 Å². The molecule has 1 aliphatic rings. The van der Waals surface area contributed by atoms with Crippen LogP contribution in [0.4, 0.5) is 0 Å². The summed E-state index contributed by atoms with van der Waals surface area (Å²) in [5.41, 5.74) is 0. The van der Waals surface area contributed by atoms with Gasteiger partial charge >= 0.3 is 0 Å². The number of nitrogens with one attached hydrogen (secondary N) is 1. The quantitative estimate of drug-likeness (QED) is 0.721. The molecule has 1 atom stereocenters. The fourth-order valence-corrected chi connectivity index (χ4v) is 1.76. The maximum absolute atomic E-state index is 11.8. The molecule has 1 saturated carbocycles. The fraction of sp³-hybridized carbons (Fsp3) is 0.909. The molecule has 14 heavy (non-hydrogen) atoms. The van der Waals surface area contributed by atoms with E-state index in [1.54, 1.807) is 0 Å². The van der Waals surface area contributed by atoms with E-state index in [1.807, 2.05) is 18.9 Å². The molecule has 0 aromatic rings. The van der Waals surface area contributed by atoms with E-state index >= 15 is 0 Å². The van der Waals surface area contributed by atoms with Crippen LogP contribution in [0.2, 0.25) is 0 Å². The molecular weight excluding hydrogens is 176 g/mol. The summed E-state index contributed by atoms with van der Waals surface area (Å²) in [5, 5.41) is 3.00. The van der Waals surface area contributed by atoms with Gasteiger partial charge in [0.05, 0.1) is 6.04 Å². The van der Waals surface area contributed by atoms with Crippen LogP contribution in [0.15, 0.2) is 0 Å². The molecule has 1 fully saturated rings. The van der Waals surface area contributed by atoms with E-state index in [-0.39, 0.29) is 11.9 Å². The Bertz CT molecular complexity index is 190. The highest BCUT2D eigenvalue weighted by Crippen LogP contribution is 2.27. The topological polar surface area (TPSA) is 32.3 Å². The lowest BCUT2D eigenvalue weighted by atomic mass is 9.85. The molecule has 1 N–H and O–H groups in total. The van der Waals surface area contributed by atoms with Crippen LogP contribution in [-0.4, -0.2) is 37.0 Å². The lowest BCUT2D eigenvalue weighted by molar-refractivity contribution is -0.133. The predicted molar refractivity (Wildman–Crippen MR) is 58.1 cm³/mol. The summed E-state index contributed by atoms with van der Waals surface area (Å²) in [6.45, 7) is 5.77. The summed E-state index contributed by atoms with van der Waals surface area (Å²) in [6, 6.07) is -0.0463. The number of likely N-dealkylation sites (N-methyl/N-ethyl adjacent to an activating group) is 2. The van der Waals surface area contributed by atoms with Crippen LogP contribution in [0.1, 0.15) is 33.1 Å². The Hall–Kier alpha value is -0.570. The van der Waals surface area contributed by atoms with Crippen molar-refractivity contribution < 1.29 is 4.79 Å². The van der Waals surface area contributed by atoms with Crippen LogP contribution in [0.3, 0.4) is 0 Å². The Morgan fingerprint density at radius 3 is 2.57 bits per heavy atom. The van der Waals surface area contributed by atoms with E-state index in [2.05, 4.69) is 12.2 Å². The molecule has 3 heteroatoms. The molecule has 1 unspecified atom stereocenters. The van der Waals surface area contributed by atoms with E-state index in [4.69, 9.17) is 0 Å². The Kier molecular flexibility index (Phi) is 4.39. The lowest BCUT2D eigenvalue weighted by Gasteiger charge is -2.33. The zero-order chi connectivity index (χ0) is 10.6. The average molecular weight is 198 g/mol. The van der Waals surface area contributed by atoms with Crippen LogP contribution in [0.5, 0.6) is 0 Å². The minimum atomic E-state index is -0.0463. The molecule has 0 saturated heterocycles. The fourth-order valence-electron chi connectivity index (χ4n) is 1.76. The van der Waals surface area contributed by atoms with Crippen molar-refractivity contribution in [2.45, 2.75) is 39.2 Å². The smallest absolute Gasteiger partial charge is 0.239 e. The second kappa shape index (κ2) is 5.35. The summed E-state index contributed by atoms with van der Waals surface area (Å²) in [4.78, 5) is 13.8. The number of rotatable bonds is 5. The van der Waals surface area contributed by atoms with Crippen molar-refractivity contribution in [2.24, 2.45) is 5.92 Å². The Balaban J connectivity index is 2.38. The number of carbonyl (C=O) groups is 1. The van der Waals surface area contributed by atoms with E-state index in [1.165, 1.54) is 19.3 Å². The van der Waals surface area contributed by atoms with Crippen molar-refractivity contribution in [3.8, 4) is 0 Å². The number of nitrogens with zero attached hydrogens (tertiary/aromatic N) is 1. The average Bonchev–Trinajstić information content (AvgIpc) is 2.14. The summed E-state index contributed by atoms with van der Waals surface area (Å²) >= 11 is 0. The van der Waals surface area contributed by atoms with Gasteiger partial charge in [0.1, 0.15) is 0 Å². The summed E-state index contributed by atoms with van der Waals surface area (Å²) in [5.74, 6) is 1.00.